The van der Waals surface area contributed by atoms with Gasteiger partial charge in [-0.2, -0.15) is 0 Å². The molecule has 1 aliphatic rings. The summed E-state index contributed by atoms with van der Waals surface area (Å²) in [5.41, 5.74) is 9.24. The second-order valence-electron chi connectivity index (χ2n) is 4.39. The van der Waals surface area contributed by atoms with Crippen LogP contribution >= 0.6 is 11.9 Å². The number of hydrogen-bond donors (Lipinski definition) is 1. The molecule has 17 heavy (non-hydrogen) atoms. The van der Waals surface area contributed by atoms with Crippen LogP contribution in [0.4, 0.5) is 5.69 Å². The summed E-state index contributed by atoms with van der Waals surface area (Å²) in [6, 6.07) is 6.30. The summed E-state index contributed by atoms with van der Waals surface area (Å²) in [5, 5.41) is 0. The molecule has 1 aromatic rings. The lowest BCUT2D eigenvalue weighted by Crippen LogP contribution is -2.10. The fraction of sp³-hybridized carbons (Fsp3) is 0.308. The molecule has 0 unspecified atom stereocenters. The van der Waals surface area contributed by atoms with Gasteiger partial charge in [0.1, 0.15) is 5.84 Å². The second-order valence-corrected chi connectivity index (χ2v) is 5.78. The van der Waals surface area contributed by atoms with Crippen molar-refractivity contribution in [2.24, 2.45) is 10.7 Å². The molecular formula is C13H17N3S. The molecule has 4 heteroatoms. The van der Waals surface area contributed by atoms with Crippen molar-refractivity contribution in [3.05, 3.63) is 29.3 Å². The van der Waals surface area contributed by atoms with Crippen LogP contribution in [0.5, 0.6) is 0 Å². The van der Waals surface area contributed by atoms with E-state index in [-0.39, 0.29) is 0 Å². The summed E-state index contributed by atoms with van der Waals surface area (Å²) in [6.45, 7) is 2.08. The van der Waals surface area contributed by atoms with Crippen molar-refractivity contribution in [1.29, 1.82) is 0 Å². The second kappa shape index (κ2) is 4.94. The van der Waals surface area contributed by atoms with Crippen molar-refractivity contribution in [2.45, 2.75) is 18.2 Å². The van der Waals surface area contributed by atoms with Gasteiger partial charge in [0, 0.05) is 16.9 Å². The zero-order valence-electron chi connectivity index (χ0n) is 10.4. The molecule has 0 aromatic heterocycles. The molecule has 0 amide bonds. The van der Waals surface area contributed by atoms with Crippen LogP contribution in [-0.2, 0) is 0 Å². The fourth-order valence-corrected chi connectivity index (χ4v) is 2.52. The molecule has 0 atom stereocenters. The Balaban J connectivity index is 2.41. The molecule has 1 aromatic carbocycles. The smallest absolute Gasteiger partial charge is 0.104 e. The maximum absolute atomic E-state index is 5.88. The third-order valence-corrected chi connectivity index (χ3v) is 3.25. The molecule has 90 valence electrons. The Bertz CT molecular complexity index is 489. The first kappa shape index (κ1) is 12.2. The predicted molar refractivity (Wildman–Crippen MR) is 75.5 cm³/mol. The van der Waals surface area contributed by atoms with E-state index in [1.807, 2.05) is 14.1 Å². The summed E-state index contributed by atoms with van der Waals surface area (Å²) < 4.78 is 2.06. The van der Waals surface area contributed by atoms with E-state index in [2.05, 4.69) is 40.5 Å². The number of fused-ring (bicyclic) bond motifs is 1. The van der Waals surface area contributed by atoms with Crippen molar-refractivity contribution in [3.8, 4) is 0 Å². The van der Waals surface area contributed by atoms with Crippen LogP contribution in [0.25, 0.3) is 6.08 Å². The molecule has 0 saturated heterocycles. The summed E-state index contributed by atoms with van der Waals surface area (Å²) >= 11 is 1.68. The van der Waals surface area contributed by atoms with Crippen LogP contribution in [0, 0.1) is 0 Å². The summed E-state index contributed by atoms with van der Waals surface area (Å²) in [5.74, 6) is 0.685. The van der Waals surface area contributed by atoms with Gasteiger partial charge < -0.3 is 5.73 Å². The number of rotatable bonds is 2. The Hall–Kier alpha value is -1.26. The number of aliphatic imine (C=N–C) groups is 1. The normalized spacial score (nSPS) is 15.1. The maximum Gasteiger partial charge on any atom is 0.104 e. The number of nitrogens with zero attached hydrogens (tertiary/aromatic N) is 2. The van der Waals surface area contributed by atoms with Gasteiger partial charge in [-0.05, 0) is 45.1 Å². The minimum absolute atomic E-state index is 0.685. The standard InChI is InChI=1S/C13H17N3S/c1-9-6-10-4-5-11(17-16(2)3)8-12(10)15-13(14)7-9/h4-6,8H,7H2,1-3H3,(H2,14,15). The molecule has 0 fully saturated rings. The van der Waals surface area contributed by atoms with E-state index in [0.29, 0.717) is 5.84 Å². The van der Waals surface area contributed by atoms with E-state index >= 15 is 0 Å². The quantitative estimate of drug-likeness (QED) is 0.817. The molecule has 0 bridgehead atoms. The van der Waals surface area contributed by atoms with Gasteiger partial charge >= 0.3 is 0 Å². The number of nitrogens with two attached hydrogens (primary N) is 1. The predicted octanol–water partition coefficient (Wildman–Crippen LogP) is 3.05. The summed E-state index contributed by atoms with van der Waals surface area (Å²) in [7, 11) is 4.05. The Morgan fingerprint density at radius 2 is 2.12 bits per heavy atom. The molecular weight excluding hydrogens is 230 g/mol. The minimum atomic E-state index is 0.685. The first-order chi connectivity index (χ1) is 8.04. The molecule has 0 radical (unpaired) electrons. The average Bonchev–Trinajstić information content (AvgIpc) is 2.33. The van der Waals surface area contributed by atoms with Crippen molar-refractivity contribution in [2.75, 3.05) is 14.1 Å². The van der Waals surface area contributed by atoms with Crippen molar-refractivity contribution in [1.82, 2.24) is 4.31 Å². The first-order valence-corrected chi connectivity index (χ1v) is 6.31. The van der Waals surface area contributed by atoms with Gasteiger partial charge in [0.2, 0.25) is 0 Å². The first-order valence-electron chi connectivity index (χ1n) is 5.54. The molecule has 2 N–H and O–H groups in total. The lowest BCUT2D eigenvalue weighted by atomic mass is 10.1. The molecule has 1 heterocycles. The maximum atomic E-state index is 5.88. The van der Waals surface area contributed by atoms with E-state index in [1.165, 1.54) is 10.5 Å². The fourth-order valence-electron chi connectivity index (χ4n) is 1.81. The molecule has 0 spiro atoms. The highest BCUT2D eigenvalue weighted by Gasteiger charge is 2.08. The van der Waals surface area contributed by atoms with Gasteiger partial charge in [-0.1, -0.05) is 17.7 Å². The van der Waals surface area contributed by atoms with Crippen molar-refractivity contribution < 1.29 is 0 Å². The van der Waals surface area contributed by atoms with E-state index in [0.717, 1.165) is 17.7 Å². The number of amidine groups is 1. The highest BCUT2D eigenvalue weighted by Crippen LogP contribution is 2.31. The Labute approximate surface area is 107 Å². The Morgan fingerprint density at radius 3 is 2.82 bits per heavy atom. The highest BCUT2D eigenvalue weighted by molar-refractivity contribution is 7.97. The van der Waals surface area contributed by atoms with Gasteiger partial charge in [0.05, 0.1) is 5.69 Å². The van der Waals surface area contributed by atoms with Gasteiger partial charge in [-0.3, -0.25) is 4.31 Å². The monoisotopic (exact) mass is 247 g/mol. The van der Waals surface area contributed by atoms with E-state index < -0.39 is 0 Å². The Morgan fingerprint density at radius 1 is 1.35 bits per heavy atom. The van der Waals surface area contributed by atoms with E-state index in [1.54, 1.807) is 11.9 Å². The van der Waals surface area contributed by atoms with E-state index in [4.69, 9.17) is 5.73 Å². The van der Waals surface area contributed by atoms with Crippen LogP contribution in [0.1, 0.15) is 18.9 Å². The van der Waals surface area contributed by atoms with Crippen LogP contribution in [0.2, 0.25) is 0 Å². The molecule has 2 rings (SSSR count). The zero-order chi connectivity index (χ0) is 12.4. The largest absolute Gasteiger partial charge is 0.387 e. The minimum Gasteiger partial charge on any atom is -0.387 e. The van der Waals surface area contributed by atoms with Gasteiger partial charge in [-0.25, -0.2) is 4.99 Å². The zero-order valence-corrected chi connectivity index (χ0v) is 11.2. The number of benzene rings is 1. The molecule has 1 aliphatic heterocycles. The lowest BCUT2D eigenvalue weighted by molar-refractivity contribution is 0.702. The summed E-state index contributed by atoms with van der Waals surface area (Å²) in [4.78, 5) is 5.65. The highest BCUT2D eigenvalue weighted by atomic mass is 32.2. The average molecular weight is 247 g/mol. The SMILES string of the molecule is CC1=Cc2ccc(SN(C)C)cc2N=C(N)C1. The molecule has 0 aliphatic carbocycles. The number of hydrogen-bond acceptors (Lipinski definition) is 4. The van der Waals surface area contributed by atoms with Gasteiger partial charge in [-0.15, -0.1) is 0 Å². The lowest BCUT2D eigenvalue weighted by Gasteiger charge is -2.09. The van der Waals surface area contributed by atoms with Crippen molar-refractivity contribution in [3.63, 3.8) is 0 Å². The topological polar surface area (TPSA) is 41.6 Å². The van der Waals surface area contributed by atoms with Crippen molar-refractivity contribution >= 4 is 29.5 Å². The third kappa shape index (κ3) is 3.11. The molecule has 0 saturated carbocycles. The van der Waals surface area contributed by atoms with Gasteiger partial charge in [0.15, 0.2) is 0 Å². The van der Waals surface area contributed by atoms with Crippen LogP contribution in [0.3, 0.4) is 0 Å². The van der Waals surface area contributed by atoms with Crippen LogP contribution in [0.15, 0.2) is 33.7 Å². The third-order valence-electron chi connectivity index (χ3n) is 2.42. The van der Waals surface area contributed by atoms with E-state index in [9.17, 15) is 0 Å². The molecule has 3 nitrogen and oxygen atoms in total. The van der Waals surface area contributed by atoms with Gasteiger partial charge in [0.25, 0.3) is 0 Å². The Kier molecular flexibility index (Phi) is 3.54. The van der Waals surface area contributed by atoms with Crippen LogP contribution < -0.4 is 5.73 Å². The summed E-state index contributed by atoms with van der Waals surface area (Å²) in [6.07, 6.45) is 2.91. The van der Waals surface area contributed by atoms with Crippen LogP contribution in [-0.4, -0.2) is 24.2 Å².